The van der Waals surface area contributed by atoms with Crippen LogP contribution in [0.15, 0.2) is 24.7 Å². The number of fused-ring (bicyclic) bond motifs is 1. The van der Waals surface area contributed by atoms with Crippen molar-refractivity contribution in [3.8, 4) is 11.4 Å². The Morgan fingerprint density at radius 3 is 2.97 bits per heavy atom. The second-order valence-corrected chi connectivity index (χ2v) is 9.42. The molecule has 1 aliphatic heterocycles. The van der Waals surface area contributed by atoms with Gasteiger partial charge in [-0.2, -0.15) is 4.31 Å². The van der Waals surface area contributed by atoms with E-state index >= 15 is 0 Å². The number of aromatic amines is 1. The molecule has 11 heteroatoms. The molecule has 0 bridgehead atoms. The third-order valence-corrected chi connectivity index (χ3v) is 6.53. The number of aromatic nitrogens is 4. The molecular formula is C18H20ClFN6O2S. The zero-order chi connectivity index (χ0) is 20.6. The van der Waals surface area contributed by atoms with Gasteiger partial charge < -0.3 is 10.3 Å². The fourth-order valence-corrected chi connectivity index (χ4v) is 4.95. The van der Waals surface area contributed by atoms with Crippen LogP contribution in [0.4, 0.5) is 10.2 Å². The number of hydrogen-bond acceptors (Lipinski definition) is 6. The number of halogens is 2. The summed E-state index contributed by atoms with van der Waals surface area (Å²) in [6.07, 6.45) is 7.98. The molecule has 2 N–H and O–H groups in total. The highest BCUT2D eigenvalue weighted by Crippen LogP contribution is 2.28. The zero-order valence-electron chi connectivity index (χ0n) is 15.7. The molecule has 8 nitrogen and oxygen atoms in total. The highest BCUT2D eigenvalue weighted by molar-refractivity contribution is 7.88. The van der Waals surface area contributed by atoms with Gasteiger partial charge in [0.2, 0.25) is 10.0 Å². The van der Waals surface area contributed by atoms with Crippen molar-refractivity contribution in [3.05, 3.63) is 35.5 Å². The SMILES string of the molecule is CS(=O)(=O)N1CCCC[C@@H]1CNc1nc(-c2c[nH]c3ncc(Cl)cc23)ncc1F. The van der Waals surface area contributed by atoms with Gasteiger partial charge in [-0.05, 0) is 18.9 Å². The maximum Gasteiger partial charge on any atom is 0.211 e. The number of rotatable bonds is 5. The Labute approximate surface area is 172 Å². The summed E-state index contributed by atoms with van der Waals surface area (Å²) in [5, 5.41) is 4.16. The lowest BCUT2D eigenvalue weighted by molar-refractivity contribution is 0.263. The van der Waals surface area contributed by atoms with Crippen LogP contribution in [0.2, 0.25) is 5.02 Å². The molecule has 1 fully saturated rings. The maximum absolute atomic E-state index is 14.3. The van der Waals surface area contributed by atoms with Gasteiger partial charge in [-0.1, -0.05) is 18.0 Å². The lowest BCUT2D eigenvalue weighted by Gasteiger charge is -2.33. The number of nitrogens with one attached hydrogen (secondary N) is 2. The van der Waals surface area contributed by atoms with Crippen LogP contribution < -0.4 is 5.32 Å². The average molecular weight is 439 g/mol. The van der Waals surface area contributed by atoms with E-state index in [-0.39, 0.29) is 18.4 Å². The van der Waals surface area contributed by atoms with Crippen LogP contribution in [0.1, 0.15) is 19.3 Å². The molecule has 0 aromatic carbocycles. The highest BCUT2D eigenvalue weighted by atomic mass is 35.5. The lowest BCUT2D eigenvalue weighted by Crippen LogP contribution is -2.46. The molecule has 1 atom stereocenters. The first-order valence-electron chi connectivity index (χ1n) is 9.19. The normalized spacial score (nSPS) is 18.2. The fraction of sp³-hybridized carbons (Fsp3) is 0.389. The van der Waals surface area contributed by atoms with Crippen molar-refractivity contribution in [2.24, 2.45) is 0 Å². The number of piperidine rings is 1. The summed E-state index contributed by atoms with van der Waals surface area (Å²) in [6, 6.07) is 1.49. The van der Waals surface area contributed by atoms with Crippen molar-refractivity contribution in [1.29, 1.82) is 0 Å². The van der Waals surface area contributed by atoms with Crippen LogP contribution in [0.3, 0.4) is 0 Å². The van der Waals surface area contributed by atoms with Gasteiger partial charge in [0.1, 0.15) is 5.65 Å². The first kappa shape index (κ1) is 20.0. The maximum atomic E-state index is 14.3. The van der Waals surface area contributed by atoms with Gasteiger partial charge in [-0.25, -0.2) is 27.8 Å². The quantitative estimate of drug-likeness (QED) is 0.634. The Bertz CT molecular complexity index is 1150. The minimum absolute atomic E-state index is 0.0263. The molecule has 4 rings (SSSR count). The van der Waals surface area contributed by atoms with Gasteiger partial charge in [0.25, 0.3) is 0 Å². The molecule has 1 saturated heterocycles. The Balaban J connectivity index is 1.59. The van der Waals surface area contributed by atoms with Crippen molar-refractivity contribution in [2.45, 2.75) is 25.3 Å². The first-order chi connectivity index (χ1) is 13.8. The Kier molecular flexibility index (Phi) is 5.41. The summed E-state index contributed by atoms with van der Waals surface area (Å²) in [5.41, 5.74) is 1.27. The summed E-state index contributed by atoms with van der Waals surface area (Å²) < 4.78 is 39.8. The van der Waals surface area contributed by atoms with E-state index in [2.05, 4.69) is 25.3 Å². The summed E-state index contributed by atoms with van der Waals surface area (Å²) in [7, 11) is -3.32. The smallest absolute Gasteiger partial charge is 0.211 e. The van der Waals surface area contributed by atoms with Crippen molar-refractivity contribution >= 4 is 38.5 Å². The van der Waals surface area contributed by atoms with Gasteiger partial charge >= 0.3 is 0 Å². The van der Waals surface area contributed by atoms with Crippen LogP contribution in [-0.4, -0.2) is 58.0 Å². The molecule has 3 aromatic rings. The monoisotopic (exact) mass is 438 g/mol. The van der Waals surface area contributed by atoms with Gasteiger partial charge in [0.05, 0.1) is 17.5 Å². The molecule has 29 heavy (non-hydrogen) atoms. The molecule has 154 valence electrons. The summed E-state index contributed by atoms with van der Waals surface area (Å²) in [5.74, 6) is -0.266. The predicted molar refractivity (Wildman–Crippen MR) is 110 cm³/mol. The highest BCUT2D eigenvalue weighted by Gasteiger charge is 2.29. The fourth-order valence-electron chi connectivity index (χ4n) is 3.61. The number of pyridine rings is 1. The van der Waals surface area contributed by atoms with Crippen LogP contribution in [-0.2, 0) is 10.0 Å². The molecule has 1 aliphatic rings. The van der Waals surface area contributed by atoms with E-state index < -0.39 is 15.8 Å². The standard InChI is InChI=1S/C18H20ClFN6O2S/c1-29(27,28)26-5-3-2-4-12(26)8-22-18-15(20)10-24-17(25-18)14-9-23-16-13(14)6-11(19)7-21-16/h6-7,9-10,12H,2-5,8H2,1H3,(H,21,23)(H,22,24,25)/t12-/m1/s1. The summed E-state index contributed by atoms with van der Waals surface area (Å²) in [4.78, 5) is 15.6. The van der Waals surface area contributed by atoms with Crippen LogP contribution in [0.5, 0.6) is 0 Å². The van der Waals surface area contributed by atoms with Gasteiger partial charge in [-0.3, -0.25) is 0 Å². The summed E-state index contributed by atoms with van der Waals surface area (Å²) in [6.45, 7) is 0.744. The minimum atomic E-state index is -3.32. The molecule has 0 aliphatic carbocycles. The Morgan fingerprint density at radius 2 is 2.17 bits per heavy atom. The van der Waals surface area contributed by atoms with E-state index in [1.54, 1.807) is 12.3 Å². The van der Waals surface area contributed by atoms with Crippen LogP contribution in [0.25, 0.3) is 22.4 Å². The predicted octanol–water partition coefficient (Wildman–Crippen LogP) is 3.04. The number of nitrogens with zero attached hydrogens (tertiary/aromatic N) is 4. The Morgan fingerprint density at radius 1 is 1.34 bits per heavy atom. The van der Waals surface area contributed by atoms with Gasteiger partial charge in [0.15, 0.2) is 17.5 Å². The second kappa shape index (κ2) is 7.85. The molecule has 0 amide bonds. The largest absolute Gasteiger partial charge is 0.366 e. The lowest BCUT2D eigenvalue weighted by atomic mass is 10.1. The van der Waals surface area contributed by atoms with Crippen molar-refractivity contribution in [1.82, 2.24) is 24.2 Å². The van der Waals surface area contributed by atoms with Crippen molar-refractivity contribution in [2.75, 3.05) is 24.7 Å². The average Bonchev–Trinajstić information content (AvgIpc) is 3.10. The zero-order valence-corrected chi connectivity index (χ0v) is 17.3. The third-order valence-electron chi connectivity index (χ3n) is 4.99. The molecule has 3 aromatic heterocycles. The third kappa shape index (κ3) is 4.19. The van der Waals surface area contributed by atoms with E-state index in [0.29, 0.717) is 35.0 Å². The van der Waals surface area contributed by atoms with E-state index in [1.165, 1.54) is 16.8 Å². The van der Waals surface area contributed by atoms with Crippen LogP contribution >= 0.6 is 11.6 Å². The minimum Gasteiger partial charge on any atom is -0.366 e. The molecular weight excluding hydrogens is 419 g/mol. The Hall–Kier alpha value is -2.30. The van der Waals surface area contributed by atoms with E-state index in [9.17, 15) is 12.8 Å². The van der Waals surface area contributed by atoms with Crippen LogP contribution in [0, 0.1) is 5.82 Å². The van der Waals surface area contributed by atoms with Crippen molar-refractivity contribution in [3.63, 3.8) is 0 Å². The number of anilines is 1. The second-order valence-electron chi connectivity index (χ2n) is 7.05. The number of sulfonamides is 1. The number of H-pyrrole nitrogens is 1. The molecule has 0 saturated carbocycles. The molecule has 0 unspecified atom stereocenters. The van der Waals surface area contributed by atoms with Gasteiger partial charge in [0, 0.05) is 42.5 Å². The van der Waals surface area contributed by atoms with Crippen molar-refractivity contribution < 1.29 is 12.8 Å². The van der Waals surface area contributed by atoms with Gasteiger partial charge in [-0.15, -0.1) is 0 Å². The molecule has 0 spiro atoms. The summed E-state index contributed by atoms with van der Waals surface area (Å²) >= 11 is 6.03. The van der Waals surface area contributed by atoms with E-state index in [1.807, 2.05) is 0 Å². The first-order valence-corrected chi connectivity index (χ1v) is 11.4. The molecule has 0 radical (unpaired) electrons. The van der Waals surface area contributed by atoms with E-state index in [0.717, 1.165) is 24.4 Å². The topological polar surface area (TPSA) is 104 Å². The number of hydrogen-bond donors (Lipinski definition) is 2. The van der Waals surface area contributed by atoms with E-state index in [4.69, 9.17) is 11.6 Å². The molecule has 4 heterocycles.